The Hall–Kier alpha value is -0.990. The van der Waals surface area contributed by atoms with Crippen LogP contribution in [0.4, 0.5) is 4.79 Å². The van der Waals surface area contributed by atoms with Gasteiger partial charge in [0.25, 0.3) is 0 Å². The highest BCUT2D eigenvalue weighted by Crippen LogP contribution is 2.29. The number of carbonyl (C=O) groups is 1. The highest BCUT2D eigenvalue weighted by atomic mass is 16.7. The second kappa shape index (κ2) is 5.19. The minimum Gasteiger partial charge on any atom is -0.438 e. The Morgan fingerprint density at radius 1 is 1.47 bits per heavy atom. The third kappa shape index (κ3) is 3.94. The number of hydrogen-bond acceptors (Lipinski definition) is 3. The second-order valence-corrected chi connectivity index (χ2v) is 4.45. The molecule has 1 atom stereocenters. The van der Waals surface area contributed by atoms with Gasteiger partial charge in [0, 0.05) is 0 Å². The van der Waals surface area contributed by atoms with Crippen LogP contribution < -0.4 is 0 Å². The molecule has 0 radical (unpaired) electrons. The van der Waals surface area contributed by atoms with Crippen molar-refractivity contribution in [3.8, 4) is 0 Å². The summed E-state index contributed by atoms with van der Waals surface area (Å²) in [6.07, 6.45) is 6.62. The van der Waals surface area contributed by atoms with Gasteiger partial charge in [-0.2, -0.15) is 0 Å². The molecule has 0 bridgehead atoms. The summed E-state index contributed by atoms with van der Waals surface area (Å²) in [5.41, 5.74) is 1.03. The molecule has 0 aliphatic heterocycles. The number of carbonyl (C=O) groups excluding carboxylic acids is 1. The van der Waals surface area contributed by atoms with Crippen LogP contribution in [0.3, 0.4) is 0 Å². The van der Waals surface area contributed by atoms with Crippen molar-refractivity contribution < 1.29 is 14.3 Å². The quantitative estimate of drug-likeness (QED) is 0.493. The molecule has 1 unspecified atom stereocenters. The summed E-state index contributed by atoms with van der Waals surface area (Å²) in [6.45, 7) is 4.12. The van der Waals surface area contributed by atoms with Gasteiger partial charge in [-0.15, -0.1) is 0 Å². The molecule has 0 saturated heterocycles. The minimum absolute atomic E-state index is 0.359. The third-order valence-corrected chi connectivity index (χ3v) is 2.95. The Balaban J connectivity index is 2.58. The van der Waals surface area contributed by atoms with Crippen molar-refractivity contribution in [2.24, 2.45) is 0 Å². The number of methoxy groups -OCH3 is 1. The molecule has 0 heterocycles. The molecule has 0 aromatic carbocycles. The average molecular weight is 212 g/mol. The largest absolute Gasteiger partial charge is 0.508 e. The van der Waals surface area contributed by atoms with Crippen molar-refractivity contribution in [1.82, 2.24) is 0 Å². The summed E-state index contributed by atoms with van der Waals surface area (Å²) in [6, 6.07) is 0. The molecule has 0 amide bonds. The monoisotopic (exact) mass is 212 g/mol. The molecule has 1 rings (SSSR count). The lowest BCUT2D eigenvalue weighted by atomic mass is 9.88. The van der Waals surface area contributed by atoms with E-state index in [1.54, 1.807) is 0 Å². The molecule has 3 nitrogen and oxygen atoms in total. The second-order valence-electron chi connectivity index (χ2n) is 4.45. The topological polar surface area (TPSA) is 35.5 Å². The van der Waals surface area contributed by atoms with Gasteiger partial charge in [-0.25, -0.2) is 4.79 Å². The van der Waals surface area contributed by atoms with Crippen molar-refractivity contribution in [3.05, 3.63) is 11.6 Å². The fourth-order valence-corrected chi connectivity index (χ4v) is 1.86. The normalized spacial score (nSPS) is 30.7. The molecule has 1 aliphatic rings. The van der Waals surface area contributed by atoms with E-state index < -0.39 is 6.16 Å². The smallest absolute Gasteiger partial charge is 0.438 e. The molecule has 86 valence electrons. The summed E-state index contributed by atoms with van der Waals surface area (Å²) in [7, 11) is 1.35. The maximum Gasteiger partial charge on any atom is 0.508 e. The summed E-state index contributed by atoms with van der Waals surface area (Å²) in [4.78, 5) is 11.1. The van der Waals surface area contributed by atoms with Crippen molar-refractivity contribution in [3.63, 3.8) is 0 Å². The molecule has 0 N–H and O–H groups in total. The van der Waals surface area contributed by atoms with Crippen LogP contribution in [-0.2, 0) is 9.47 Å². The van der Waals surface area contributed by atoms with Crippen molar-refractivity contribution in [2.75, 3.05) is 7.11 Å². The van der Waals surface area contributed by atoms with E-state index in [9.17, 15) is 4.79 Å². The highest BCUT2D eigenvalue weighted by Gasteiger charge is 2.29. The molecule has 0 spiro atoms. The van der Waals surface area contributed by atoms with Crippen LogP contribution in [-0.4, -0.2) is 18.9 Å². The summed E-state index contributed by atoms with van der Waals surface area (Å²) in [5, 5.41) is 0. The summed E-state index contributed by atoms with van der Waals surface area (Å²) < 4.78 is 9.86. The first-order chi connectivity index (χ1) is 7.06. The van der Waals surface area contributed by atoms with Gasteiger partial charge in [-0.05, 0) is 46.0 Å². The van der Waals surface area contributed by atoms with Crippen molar-refractivity contribution >= 4 is 6.16 Å². The Bertz CT molecular complexity index is 258. The molecule has 0 fully saturated rings. The number of rotatable bonds is 1. The molecule has 3 heteroatoms. The zero-order valence-electron chi connectivity index (χ0n) is 9.84. The summed E-state index contributed by atoms with van der Waals surface area (Å²) >= 11 is 0. The maximum atomic E-state index is 11.1. The predicted molar refractivity (Wildman–Crippen MR) is 58.7 cm³/mol. The zero-order valence-corrected chi connectivity index (χ0v) is 9.84. The van der Waals surface area contributed by atoms with Crippen molar-refractivity contribution in [1.29, 1.82) is 0 Å². The highest BCUT2D eigenvalue weighted by molar-refractivity contribution is 5.60. The van der Waals surface area contributed by atoms with Gasteiger partial charge in [-0.3, -0.25) is 0 Å². The van der Waals surface area contributed by atoms with E-state index >= 15 is 0 Å². The third-order valence-electron chi connectivity index (χ3n) is 2.95. The maximum absolute atomic E-state index is 11.1. The molecule has 0 aromatic heterocycles. The van der Waals surface area contributed by atoms with Crippen LogP contribution >= 0.6 is 0 Å². The van der Waals surface area contributed by atoms with E-state index in [2.05, 4.69) is 17.7 Å². The van der Waals surface area contributed by atoms with E-state index in [1.807, 2.05) is 6.92 Å². The fraction of sp³-hybridized carbons (Fsp3) is 0.750. The van der Waals surface area contributed by atoms with E-state index in [4.69, 9.17) is 4.74 Å². The Kier molecular flexibility index (Phi) is 4.18. The van der Waals surface area contributed by atoms with Gasteiger partial charge in [0.2, 0.25) is 0 Å². The van der Waals surface area contributed by atoms with Crippen LogP contribution in [0.25, 0.3) is 0 Å². The molecule has 1 aliphatic carbocycles. The number of allylic oxidation sites excluding steroid dienone is 2. The number of ether oxygens (including phenoxy) is 2. The predicted octanol–water partition coefficient (Wildman–Crippen LogP) is 3.44. The molecular weight excluding hydrogens is 192 g/mol. The Labute approximate surface area is 91.4 Å². The van der Waals surface area contributed by atoms with E-state index in [0.717, 1.165) is 32.1 Å². The molecular formula is C12H20O3. The van der Waals surface area contributed by atoms with Crippen LogP contribution in [0.15, 0.2) is 11.6 Å². The van der Waals surface area contributed by atoms with Gasteiger partial charge in [-0.1, -0.05) is 11.6 Å². The van der Waals surface area contributed by atoms with E-state index in [-0.39, 0.29) is 5.60 Å². The Morgan fingerprint density at radius 3 is 2.87 bits per heavy atom. The zero-order chi connectivity index (χ0) is 11.3. The molecule has 0 saturated carbocycles. The van der Waals surface area contributed by atoms with Gasteiger partial charge in [0.15, 0.2) is 0 Å². The van der Waals surface area contributed by atoms with Gasteiger partial charge < -0.3 is 9.47 Å². The average Bonchev–Trinajstić information content (AvgIpc) is 2.19. The van der Waals surface area contributed by atoms with Gasteiger partial charge in [0.05, 0.1) is 7.11 Å². The first-order valence-corrected chi connectivity index (χ1v) is 5.48. The lowest BCUT2D eigenvalue weighted by Crippen LogP contribution is -2.32. The lowest BCUT2D eigenvalue weighted by Gasteiger charge is -2.30. The minimum atomic E-state index is -0.570. The molecule has 15 heavy (non-hydrogen) atoms. The van der Waals surface area contributed by atoms with Crippen LogP contribution in [0.1, 0.15) is 46.0 Å². The summed E-state index contributed by atoms with van der Waals surface area (Å²) in [5.74, 6) is 0. The molecule has 0 aromatic rings. The van der Waals surface area contributed by atoms with Crippen LogP contribution in [0, 0.1) is 0 Å². The Morgan fingerprint density at radius 2 is 2.20 bits per heavy atom. The van der Waals surface area contributed by atoms with Crippen molar-refractivity contribution in [2.45, 2.75) is 51.6 Å². The van der Waals surface area contributed by atoms with E-state index in [0.29, 0.717) is 0 Å². The van der Waals surface area contributed by atoms with Gasteiger partial charge in [0.1, 0.15) is 5.60 Å². The first-order valence-electron chi connectivity index (χ1n) is 5.48. The van der Waals surface area contributed by atoms with E-state index in [1.165, 1.54) is 12.7 Å². The first kappa shape index (κ1) is 12.1. The standard InChI is InChI=1S/C12H20O3/c1-10-6-4-5-8-12(2,9-7-10)15-11(13)14-3/h6H,4-5,7-9H2,1-3H3/b10-6-. The lowest BCUT2D eigenvalue weighted by molar-refractivity contribution is -0.0278. The van der Waals surface area contributed by atoms with Gasteiger partial charge >= 0.3 is 6.16 Å². The SMILES string of the molecule is COC(=O)OC1(C)CCC/C=C(/C)CC1. The van der Waals surface area contributed by atoms with Crippen LogP contribution in [0.5, 0.6) is 0 Å². The number of hydrogen-bond donors (Lipinski definition) is 0. The fourth-order valence-electron chi connectivity index (χ4n) is 1.86. The van der Waals surface area contributed by atoms with Crippen LogP contribution in [0.2, 0.25) is 0 Å².